The van der Waals surface area contributed by atoms with Gasteiger partial charge in [0, 0.05) is 43.4 Å². The Morgan fingerprint density at radius 1 is 1.04 bits per heavy atom. The summed E-state index contributed by atoms with van der Waals surface area (Å²) in [6.07, 6.45) is 1.54. The molecule has 6 nitrogen and oxygen atoms in total. The number of benzene rings is 2. The van der Waals surface area contributed by atoms with Crippen LogP contribution in [0.5, 0.6) is 0 Å². The number of nitrogens with zero attached hydrogens (tertiary/aromatic N) is 1. The summed E-state index contributed by atoms with van der Waals surface area (Å²) < 4.78 is 0. The summed E-state index contributed by atoms with van der Waals surface area (Å²) >= 11 is 0. The Balaban J connectivity index is 1.63. The first-order valence-electron chi connectivity index (χ1n) is 8.57. The van der Waals surface area contributed by atoms with Crippen LogP contribution in [0.4, 0.5) is 11.4 Å². The summed E-state index contributed by atoms with van der Waals surface area (Å²) in [5, 5.41) is 5.50. The molecule has 2 N–H and O–H groups in total. The van der Waals surface area contributed by atoms with E-state index in [1.54, 1.807) is 36.4 Å². The van der Waals surface area contributed by atoms with E-state index in [-0.39, 0.29) is 17.7 Å². The molecule has 2 aromatic carbocycles. The largest absolute Gasteiger partial charge is 0.338 e. The molecule has 0 radical (unpaired) electrons. The number of likely N-dealkylation sites (tertiary alicyclic amines) is 1. The van der Waals surface area contributed by atoms with Crippen molar-refractivity contribution in [3.05, 3.63) is 59.7 Å². The lowest BCUT2D eigenvalue weighted by Crippen LogP contribution is -2.23. The van der Waals surface area contributed by atoms with E-state index in [4.69, 9.17) is 0 Å². The van der Waals surface area contributed by atoms with Crippen LogP contribution in [-0.4, -0.2) is 29.2 Å². The molecule has 3 rings (SSSR count). The van der Waals surface area contributed by atoms with E-state index in [1.807, 2.05) is 17.0 Å². The van der Waals surface area contributed by atoms with Crippen LogP contribution in [-0.2, 0) is 16.1 Å². The second kappa shape index (κ2) is 7.82. The molecule has 0 atom stereocenters. The van der Waals surface area contributed by atoms with Gasteiger partial charge in [0.1, 0.15) is 0 Å². The van der Waals surface area contributed by atoms with E-state index >= 15 is 0 Å². The number of anilines is 2. The Hall–Kier alpha value is -3.15. The maximum atomic E-state index is 12.4. The van der Waals surface area contributed by atoms with Crippen LogP contribution in [0.2, 0.25) is 0 Å². The Kier molecular flexibility index (Phi) is 5.31. The fourth-order valence-electron chi connectivity index (χ4n) is 2.93. The summed E-state index contributed by atoms with van der Waals surface area (Å²) in [4.78, 5) is 37.0. The van der Waals surface area contributed by atoms with Crippen molar-refractivity contribution >= 4 is 29.1 Å². The monoisotopic (exact) mass is 351 g/mol. The molecule has 1 aliphatic rings. The molecule has 0 aromatic heterocycles. The third-order valence-electron chi connectivity index (χ3n) is 4.20. The van der Waals surface area contributed by atoms with Crippen molar-refractivity contribution in [3.63, 3.8) is 0 Å². The first-order chi connectivity index (χ1) is 12.5. The minimum Gasteiger partial charge on any atom is -0.338 e. The van der Waals surface area contributed by atoms with Gasteiger partial charge in [0.15, 0.2) is 0 Å². The van der Waals surface area contributed by atoms with Crippen molar-refractivity contribution in [2.45, 2.75) is 26.3 Å². The maximum Gasteiger partial charge on any atom is 0.255 e. The summed E-state index contributed by atoms with van der Waals surface area (Å²) in [6.45, 7) is 2.81. The van der Waals surface area contributed by atoms with E-state index < -0.39 is 0 Å². The lowest BCUT2D eigenvalue weighted by molar-refractivity contribution is -0.128. The second-order valence-electron chi connectivity index (χ2n) is 6.33. The van der Waals surface area contributed by atoms with Gasteiger partial charge in [-0.2, -0.15) is 0 Å². The molecule has 1 aliphatic heterocycles. The fourth-order valence-corrected chi connectivity index (χ4v) is 2.93. The molecule has 1 heterocycles. The number of amides is 3. The van der Waals surface area contributed by atoms with Gasteiger partial charge in [-0.25, -0.2) is 0 Å². The molecular weight excluding hydrogens is 330 g/mol. The van der Waals surface area contributed by atoms with E-state index in [1.165, 1.54) is 6.92 Å². The predicted molar refractivity (Wildman–Crippen MR) is 99.8 cm³/mol. The molecule has 26 heavy (non-hydrogen) atoms. The second-order valence-corrected chi connectivity index (χ2v) is 6.33. The van der Waals surface area contributed by atoms with E-state index in [9.17, 15) is 14.4 Å². The number of hydrogen-bond donors (Lipinski definition) is 2. The van der Waals surface area contributed by atoms with Crippen LogP contribution in [0.1, 0.15) is 35.7 Å². The normalized spacial score (nSPS) is 13.6. The van der Waals surface area contributed by atoms with Crippen LogP contribution >= 0.6 is 0 Å². The van der Waals surface area contributed by atoms with Gasteiger partial charge >= 0.3 is 0 Å². The molecule has 0 saturated carbocycles. The number of nitrogens with one attached hydrogen (secondary N) is 2. The van der Waals surface area contributed by atoms with Crippen LogP contribution in [0.3, 0.4) is 0 Å². The molecule has 1 fully saturated rings. The lowest BCUT2D eigenvalue weighted by Gasteiger charge is -2.15. The average Bonchev–Trinajstić information content (AvgIpc) is 3.00. The minimum absolute atomic E-state index is 0.166. The van der Waals surface area contributed by atoms with E-state index in [0.717, 1.165) is 18.5 Å². The van der Waals surface area contributed by atoms with Crippen molar-refractivity contribution in [1.82, 2.24) is 4.90 Å². The first kappa shape index (κ1) is 17.7. The molecule has 0 spiro atoms. The summed E-state index contributed by atoms with van der Waals surface area (Å²) in [5.74, 6) is -0.208. The highest BCUT2D eigenvalue weighted by atomic mass is 16.2. The highest BCUT2D eigenvalue weighted by molar-refractivity contribution is 6.04. The van der Waals surface area contributed by atoms with Crippen molar-refractivity contribution in [3.8, 4) is 0 Å². The van der Waals surface area contributed by atoms with Gasteiger partial charge in [-0.05, 0) is 42.3 Å². The molecular formula is C20H21N3O3. The molecule has 134 valence electrons. The third kappa shape index (κ3) is 4.47. The first-order valence-corrected chi connectivity index (χ1v) is 8.57. The highest BCUT2D eigenvalue weighted by Gasteiger charge is 2.20. The smallest absolute Gasteiger partial charge is 0.255 e. The predicted octanol–water partition coefficient (Wildman–Crippen LogP) is 3.02. The zero-order valence-electron chi connectivity index (χ0n) is 14.6. The van der Waals surface area contributed by atoms with E-state index in [2.05, 4.69) is 10.6 Å². The summed E-state index contributed by atoms with van der Waals surface area (Å²) in [7, 11) is 0. The zero-order chi connectivity index (χ0) is 18.5. The summed E-state index contributed by atoms with van der Waals surface area (Å²) in [6, 6.07) is 14.2. The van der Waals surface area contributed by atoms with Gasteiger partial charge in [0.2, 0.25) is 11.8 Å². The van der Waals surface area contributed by atoms with Crippen molar-refractivity contribution < 1.29 is 14.4 Å². The molecule has 0 aliphatic carbocycles. The Bertz CT molecular complexity index is 830. The Labute approximate surface area is 152 Å². The molecule has 2 aromatic rings. The third-order valence-corrected chi connectivity index (χ3v) is 4.20. The average molecular weight is 351 g/mol. The quantitative estimate of drug-likeness (QED) is 0.869. The SMILES string of the molecule is CC(=O)Nc1cccc(NC(=O)c2ccc(CN3CCCC3=O)cc2)c1. The number of hydrogen-bond acceptors (Lipinski definition) is 3. The summed E-state index contributed by atoms with van der Waals surface area (Å²) in [5.41, 5.74) is 2.77. The van der Waals surface area contributed by atoms with E-state index in [0.29, 0.717) is 29.9 Å². The van der Waals surface area contributed by atoms with Crippen LogP contribution in [0.15, 0.2) is 48.5 Å². The molecule has 1 saturated heterocycles. The fraction of sp³-hybridized carbons (Fsp3) is 0.250. The number of carbonyl (C=O) groups is 3. The number of rotatable bonds is 5. The molecule has 0 unspecified atom stereocenters. The molecule has 3 amide bonds. The zero-order valence-corrected chi connectivity index (χ0v) is 14.6. The van der Waals surface area contributed by atoms with Gasteiger partial charge < -0.3 is 15.5 Å². The molecule has 0 bridgehead atoms. The number of carbonyl (C=O) groups excluding carboxylic acids is 3. The van der Waals surface area contributed by atoms with Gasteiger partial charge in [-0.3, -0.25) is 14.4 Å². The molecule has 6 heteroatoms. The maximum absolute atomic E-state index is 12.4. The van der Waals surface area contributed by atoms with Crippen LogP contribution in [0.25, 0.3) is 0 Å². The van der Waals surface area contributed by atoms with Gasteiger partial charge in [0.05, 0.1) is 0 Å². The Morgan fingerprint density at radius 3 is 2.35 bits per heavy atom. The standard InChI is InChI=1S/C20H21N3O3/c1-14(24)21-17-4-2-5-18(12-17)22-20(26)16-9-7-15(8-10-16)13-23-11-3-6-19(23)25/h2,4-5,7-10,12H,3,6,11,13H2,1H3,(H,21,24)(H,22,26). The lowest BCUT2D eigenvalue weighted by atomic mass is 10.1. The van der Waals surface area contributed by atoms with Crippen LogP contribution < -0.4 is 10.6 Å². The van der Waals surface area contributed by atoms with Crippen LogP contribution in [0, 0.1) is 0 Å². The van der Waals surface area contributed by atoms with Gasteiger partial charge in [-0.15, -0.1) is 0 Å². The van der Waals surface area contributed by atoms with Crippen molar-refractivity contribution in [2.24, 2.45) is 0 Å². The highest BCUT2D eigenvalue weighted by Crippen LogP contribution is 2.17. The topological polar surface area (TPSA) is 78.5 Å². The Morgan fingerprint density at radius 2 is 1.73 bits per heavy atom. The minimum atomic E-state index is -0.228. The van der Waals surface area contributed by atoms with Gasteiger partial charge in [-0.1, -0.05) is 18.2 Å². The van der Waals surface area contributed by atoms with Gasteiger partial charge in [0.25, 0.3) is 5.91 Å². The van der Waals surface area contributed by atoms with Crippen molar-refractivity contribution in [2.75, 3.05) is 17.2 Å². The van der Waals surface area contributed by atoms with Crippen molar-refractivity contribution in [1.29, 1.82) is 0 Å².